The van der Waals surface area contributed by atoms with Crippen LogP contribution in [0.2, 0.25) is 5.02 Å². The normalized spacial score (nSPS) is 17.4. The minimum atomic E-state index is 0.374. The molecule has 1 aliphatic heterocycles. The Morgan fingerprint density at radius 2 is 2.26 bits per heavy atom. The molecule has 1 atom stereocenters. The number of rotatable bonds is 3. The van der Waals surface area contributed by atoms with E-state index in [2.05, 4.69) is 26.4 Å². The van der Waals surface area contributed by atoms with Crippen molar-refractivity contribution < 1.29 is 0 Å². The van der Waals surface area contributed by atoms with Crippen LogP contribution >= 0.6 is 11.6 Å². The number of nitrogens with one attached hydrogen (secondary N) is 1. The quantitative estimate of drug-likeness (QED) is 0.803. The van der Waals surface area contributed by atoms with Gasteiger partial charge in [-0.3, -0.25) is 4.98 Å². The number of aryl methyl sites for hydroxylation is 2. The molecule has 5 nitrogen and oxygen atoms in total. The molecule has 0 spiro atoms. The van der Waals surface area contributed by atoms with Gasteiger partial charge in [0.2, 0.25) is 0 Å². The predicted octanol–water partition coefficient (Wildman–Crippen LogP) is 2.89. The molecule has 118 valence electrons. The largest absolute Gasteiger partial charge is 0.308 e. The summed E-state index contributed by atoms with van der Waals surface area (Å²) in [7, 11) is 0. The summed E-state index contributed by atoms with van der Waals surface area (Å²) in [5.74, 6) is 1.94. The smallest absolute Gasteiger partial charge is 0.147 e. The van der Waals surface area contributed by atoms with Crippen LogP contribution in [-0.2, 0) is 19.5 Å². The maximum Gasteiger partial charge on any atom is 0.147 e. The van der Waals surface area contributed by atoms with Crippen LogP contribution in [0.1, 0.15) is 23.6 Å². The van der Waals surface area contributed by atoms with E-state index >= 15 is 0 Å². The second-order valence-electron chi connectivity index (χ2n) is 5.97. The van der Waals surface area contributed by atoms with Crippen molar-refractivity contribution in [3.8, 4) is 0 Å². The molecule has 6 heteroatoms. The van der Waals surface area contributed by atoms with Crippen molar-refractivity contribution in [3.05, 3.63) is 52.7 Å². The summed E-state index contributed by atoms with van der Waals surface area (Å²) >= 11 is 6.40. The fourth-order valence-corrected chi connectivity index (χ4v) is 3.42. The average molecular weight is 328 g/mol. The summed E-state index contributed by atoms with van der Waals surface area (Å²) < 4.78 is 2.01. The van der Waals surface area contributed by atoms with Crippen molar-refractivity contribution in [1.82, 2.24) is 25.1 Å². The van der Waals surface area contributed by atoms with E-state index < -0.39 is 0 Å². The van der Waals surface area contributed by atoms with E-state index in [1.807, 2.05) is 36.0 Å². The highest BCUT2D eigenvalue weighted by molar-refractivity contribution is 6.32. The molecule has 0 amide bonds. The predicted molar refractivity (Wildman–Crippen MR) is 90.5 cm³/mol. The summed E-state index contributed by atoms with van der Waals surface area (Å²) in [4.78, 5) is 8.94. The molecule has 0 saturated heterocycles. The first-order valence-corrected chi connectivity index (χ1v) is 8.24. The lowest BCUT2D eigenvalue weighted by Gasteiger charge is -2.24. The van der Waals surface area contributed by atoms with Crippen LogP contribution in [0, 0.1) is 6.92 Å². The Morgan fingerprint density at radius 3 is 3.17 bits per heavy atom. The van der Waals surface area contributed by atoms with Crippen LogP contribution in [-0.4, -0.2) is 25.8 Å². The van der Waals surface area contributed by atoms with Crippen molar-refractivity contribution in [2.45, 2.75) is 38.9 Å². The molecule has 0 fully saturated rings. The maximum absolute atomic E-state index is 6.40. The first-order valence-electron chi connectivity index (χ1n) is 7.86. The molecule has 0 unspecified atom stereocenters. The van der Waals surface area contributed by atoms with Gasteiger partial charge in [0, 0.05) is 41.2 Å². The third kappa shape index (κ3) is 2.82. The molecule has 3 heterocycles. The molecular formula is C17H18ClN5. The van der Waals surface area contributed by atoms with Crippen molar-refractivity contribution in [2.75, 3.05) is 0 Å². The van der Waals surface area contributed by atoms with Crippen molar-refractivity contribution in [1.29, 1.82) is 0 Å². The zero-order valence-electron chi connectivity index (χ0n) is 13.0. The lowest BCUT2D eigenvalue weighted by atomic mass is 10.1. The topological polar surface area (TPSA) is 55.6 Å². The zero-order valence-corrected chi connectivity index (χ0v) is 13.7. The standard InChI is InChI=1S/C17H18ClN5/c1-11-21-16-7-5-13(10-23(16)22-11)20-9-14-15(18)6-4-12-3-2-8-19-17(12)14/h2-4,6,8,13,20H,5,7,9-10H2,1H3/t13-/m1/s1. The molecule has 0 aliphatic carbocycles. The number of aromatic nitrogens is 4. The molecule has 23 heavy (non-hydrogen) atoms. The van der Waals surface area contributed by atoms with E-state index in [9.17, 15) is 0 Å². The molecule has 1 aromatic carbocycles. The van der Waals surface area contributed by atoms with Crippen molar-refractivity contribution in [3.63, 3.8) is 0 Å². The molecule has 2 aromatic heterocycles. The van der Waals surface area contributed by atoms with Gasteiger partial charge in [-0.15, -0.1) is 0 Å². The highest BCUT2D eigenvalue weighted by Crippen LogP contribution is 2.25. The van der Waals surface area contributed by atoms with Gasteiger partial charge in [0.05, 0.1) is 12.1 Å². The maximum atomic E-state index is 6.40. The number of nitrogens with zero attached hydrogens (tertiary/aromatic N) is 4. The Labute approximate surface area is 139 Å². The number of pyridine rings is 1. The number of benzene rings is 1. The number of fused-ring (bicyclic) bond motifs is 2. The molecule has 1 N–H and O–H groups in total. The fourth-order valence-electron chi connectivity index (χ4n) is 3.20. The SMILES string of the molecule is Cc1nc2n(n1)C[C@H](NCc1c(Cl)ccc3cccnc13)CC2. The average Bonchev–Trinajstić information content (AvgIpc) is 2.93. The van der Waals surface area contributed by atoms with Gasteiger partial charge in [-0.2, -0.15) is 5.10 Å². The van der Waals surface area contributed by atoms with Crippen LogP contribution in [0.15, 0.2) is 30.5 Å². The third-order valence-corrected chi connectivity index (χ3v) is 4.71. The molecule has 3 aromatic rings. The van der Waals surface area contributed by atoms with Gasteiger partial charge in [0.15, 0.2) is 0 Å². The summed E-state index contributed by atoms with van der Waals surface area (Å²) in [6.45, 7) is 3.50. The first-order chi connectivity index (χ1) is 11.2. The van der Waals surface area contributed by atoms with Crippen molar-refractivity contribution in [2.24, 2.45) is 0 Å². The van der Waals surface area contributed by atoms with Crippen LogP contribution in [0.5, 0.6) is 0 Å². The Balaban J connectivity index is 1.53. The summed E-state index contributed by atoms with van der Waals surface area (Å²) in [6, 6.07) is 8.34. The third-order valence-electron chi connectivity index (χ3n) is 4.35. The van der Waals surface area contributed by atoms with Gasteiger partial charge in [-0.1, -0.05) is 23.7 Å². The second kappa shape index (κ2) is 5.91. The molecular weight excluding hydrogens is 310 g/mol. The minimum absolute atomic E-state index is 0.374. The highest BCUT2D eigenvalue weighted by Gasteiger charge is 2.21. The Morgan fingerprint density at radius 1 is 1.35 bits per heavy atom. The number of hydrogen-bond acceptors (Lipinski definition) is 4. The Hall–Kier alpha value is -1.98. The van der Waals surface area contributed by atoms with E-state index in [0.717, 1.165) is 52.5 Å². The minimum Gasteiger partial charge on any atom is -0.308 e. The summed E-state index contributed by atoms with van der Waals surface area (Å²) in [5, 5.41) is 9.94. The van der Waals surface area contributed by atoms with Crippen LogP contribution in [0.4, 0.5) is 0 Å². The van der Waals surface area contributed by atoms with E-state index in [-0.39, 0.29) is 0 Å². The van der Waals surface area contributed by atoms with Crippen LogP contribution in [0.25, 0.3) is 10.9 Å². The van der Waals surface area contributed by atoms with Gasteiger partial charge in [-0.25, -0.2) is 9.67 Å². The Bertz CT molecular complexity index is 857. The van der Waals surface area contributed by atoms with E-state index in [1.54, 1.807) is 0 Å². The molecule has 0 bridgehead atoms. The van der Waals surface area contributed by atoms with Gasteiger partial charge in [-0.05, 0) is 25.5 Å². The monoisotopic (exact) mass is 327 g/mol. The molecule has 4 rings (SSSR count). The lowest BCUT2D eigenvalue weighted by Crippen LogP contribution is -2.37. The van der Waals surface area contributed by atoms with Gasteiger partial charge < -0.3 is 5.32 Å². The van der Waals surface area contributed by atoms with Gasteiger partial charge in [0.1, 0.15) is 11.6 Å². The van der Waals surface area contributed by atoms with Crippen LogP contribution < -0.4 is 5.32 Å². The van der Waals surface area contributed by atoms with Crippen LogP contribution in [0.3, 0.4) is 0 Å². The molecule has 0 saturated carbocycles. The lowest BCUT2D eigenvalue weighted by molar-refractivity contribution is 0.358. The highest BCUT2D eigenvalue weighted by atomic mass is 35.5. The zero-order chi connectivity index (χ0) is 15.8. The van der Waals surface area contributed by atoms with Gasteiger partial charge >= 0.3 is 0 Å². The molecule has 0 radical (unpaired) electrons. The van der Waals surface area contributed by atoms with Crippen molar-refractivity contribution >= 4 is 22.5 Å². The second-order valence-corrected chi connectivity index (χ2v) is 6.38. The fraction of sp³-hybridized carbons (Fsp3) is 0.353. The van der Waals surface area contributed by atoms with E-state index in [4.69, 9.17) is 11.6 Å². The summed E-state index contributed by atoms with van der Waals surface area (Å²) in [5.41, 5.74) is 2.03. The number of halogens is 1. The van der Waals surface area contributed by atoms with Gasteiger partial charge in [0.25, 0.3) is 0 Å². The summed E-state index contributed by atoms with van der Waals surface area (Å²) in [6.07, 6.45) is 3.83. The Kier molecular flexibility index (Phi) is 3.75. The number of hydrogen-bond donors (Lipinski definition) is 1. The molecule has 1 aliphatic rings. The van der Waals surface area contributed by atoms with E-state index in [0.29, 0.717) is 12.6 Å². The van der Waals surface area contributed by atoms with E-state index in [1.165, 1.54) is 0 Å². The first kappa shape index (κ1) is 14.6.